The van der Waals surface area contributed by atoms with Crippen molar-refractivity contribution in [3.8, 4) is 0 Å². The van der Waals surface area contributed by atoms with Crippen molar-refractivity contribution in [1.29, 1.82) is 0 Å². The maximum Gasteiger partial charge on any atom is 0.261 e. The molecule has 3 rings (SSSR count). The van der Waals surface area contributed by atoms with Gasteiger partial charge in [0, 0.05) is 17.3 Å². The predicted octanol–water partition coefficient (Wildman–Crippen LogP) is 3.02. The number of nitrogens with one attached hydrogen (secondary N) is 2. The summed E-state index contributed by atoms with van der Waals surface area (Å²) in [5, 5.41) is 2.95. The summed E-state index contributed by atoms with van der Waals surface area (Å²) in [6.45, 7) is 2.00. The van der Waals surface area contributed by atoms with E-state index in [1.54, 1.807) is 24.3 Å². The topological polar surface area (TPSA) is 75.3 Å². The average molecular weight is 344 g/mol. The van der Waals surface area contributed by atoms with Gasteiger partial charge in [0.05, 0.1) is 4.90 Å². The van der Waals surface area contributed by atoms with Crippen molar-refractivity contribution in [1.82, 2.24) is 5.32 Å². The number of hydrogen-bond donors (Lipinski definition) is 2. The molecule has 5 nitrogen and oxygen atoms in total. The molecule has 1 saturated carbocycles. The fourth-order valence-electron chi connectivity index (χ4n) is 2.51. The number of carbonyl (C=O) groups is 1. The zero-order chi connectivity index (χ0) is 17.2. The molecule has 0 aromatic heterocycles. The van der Waals surface area contributed by atoms with Crippen LogP contribution in [0.1, 0.15) is 30.1 Å². The van der Waals surface area contributed by atoms with E-state index in [-0.39, 0.29) is 16.8 Å². The van der Waals surface area contributed by atoms with Crippen LogP contribution in [0.2, 0.25) is 0 Å². The lowest BCUT2D eigenvalue weighted by atomic mass is 10.1. The molecule has 0 aliphatic heterocycles. The monoisotopic (exact) mass is 344 g/mol. The lowest BCUT2D eigenvalue weighted by Gasteiger charge is -2.13. The van der Waals surface area contributed by atoms with Gasteiger partial charge in [-0.3, -0.25) is 9.52 Å². The fourth-order valence-corrected chi connectivity index (χ4v) is 3.57. The van der Waals surface area contributed by atoms with Crippen molar-refractivity contribution in [2.24, 2.45) is 5.92 Å². The van der Waals surface area contributed by atoms with E-state index < -0.39 is 10.0 Å². The Labute approximate surface area is 142 Å². The van der Waals surface area contributed by atoms with E-state index in [0.29, 0.717) is 17.2 Å². The maximum atomic E-state index is 12.3. The molecule has 1 aliphatic rings. The minimum atomic E-state index is -3.66. The Kier molecular flexibility index (Phi) is 4.57. The summed E-state index contributed by atoms with van der Waals surface area (Å²) in [5.74, 6) is 0.401. The number of rotatable bonds is 6. The molecule has 1 fully saturated rings. The second kappa shape index (κ2) is 6.65. The molecule has 0 saturated heterocycles. The Morgan fingerprint density at radius 2 is 1.67 bits per heavy atom. The van der Waals surface area contributed by atoms with E-state index >= 15 is 0 Å². The van der Waals surface area contributed by atoms with Crippen molar-refractivity contribution >= 4 is 21.6 Å². The van der Waals surface area contributed by atoms with Crippen molar-refractivity contribution in [2.45, 2.75) is 30.7 Å². The van der Waals surface area contributed by atoms with Gasteiger partial charge in [-0.1, -0.05) is 18.2 Å². The Morgan fingerprint density at radius 1 is 1.04 bits per heavy atom. The first-order valence-electron chi connectivity index (χ1n) is 7.94. The van der Waals surface area contributed by atoms with Crippen LogP contribution in [0.25, 0.3) is 0 Å². The lowest BCUT2D eigenvalue weighted by Crippen LogP contribution is -2.33. The van der Waals surface area contributed by atoms with Crippen molar-refractivity contribution < 1.29 is 13.2 Å². The number of sulfonamides is 1. The zero-order valence-electron chi connectivity index (χ0n) is 13.4. The van der Waals surface area contributed by atoms with E-state index in [4.69, 9.17) is 0 Å². The molecule has 2 aromatic carbocycles. The third kappa shape index (κ3) is 3.94. The lowest BCUT2D eigenvalue weighted by molar-refractivity contribution is 0.0935. The molecule has 24 heavy (non-hydrogen) atoms. The smallest absolute Gasteiger partial charge is 0.261 e. The van der Waals surface area contributed by atoms with Crippen LogP contribution in [0, 0.1) is 5.92 Å². The summed E-state index contributed by atoms with van der Waals surface area (Å²) in [5.41, 5.74) is 0.957. The summed E-state index contributed by atoms with van der Waals surface area (Å²) in [4.78, 5) is 12.3. The van der Waals surface area contributed by atoms with E-state index in [2.05, 4.69) is 10.0 Å². The molecule has 2 aromatic rings. The fraction of sp³-hybridized carbons (Fsp3) is 0.278. The van der Waals surface area contributed by atoms with Crippen molar-refractivity contribution in [2.75, 3.05) is 4.72 Å². The van der Waals surface area contributed by atoms with Gasteiger partial charge in [0.15, 0.2) is 0 Å². The Bertz CT molecular complexity index is 813. The van der Waals surface area contributed by atoms with E-state index in [9.17, 15) is 13.2 Å². The molecular formula is C18H20N2O3S. The minimum absolute atomic E-state index is 0.123. The molecule has 126 valence electrons. The maximum absolute atomic E-state index is 12.3. The van der Waals surface area contributed by atoms with Gasteiger partial charge < -0.3 is 5.32 Å². The van der Waals surface area contributed by atoms with Crippen LogP contribution in [0.5, 0.6) is 0 Å². The number of anilines is 1. The van der Waals surface area contributed by atoms with E-state index in [1.165, 1.54) is 24.3 Å². The molecule has 1 atom stereocenters. The Morgan fingerprint density at radius 3 is 2.25 bits per heavy atom. The third-order valence-corrected chi connectivity index (χ3v) is 5.54. The van der Waals surface area contributed by atoms with E-state index in [1.807, 2.05) is 13.0 Å². The van der Waals surface area contributed by atoms with Crippen LogP contribution < -0.4 is 10.0 Å². The minimum Gasteiger partial charge on any atom is -0.349 e. The first kappa shape index (κ1) is 16.5. The highest BCUT2D eigenvalue weighted by molar-refractivity contribution is 7.92. The number of para-hydroxylation sites is 1. The van der Waals surface area contributed by atoms with Gasteiger partial charge in [0.1, 0.15) is 0 Å². The normalized spacial score (nSPS) is 15.5. The highest BCUT2D eigenvalue weighted by Crippen LogP contribution is 2.32. The van der Waals surface area contributed by atoms with Gasteiger partial charge in [-0.05, 0) is 62.1 Å². The highest BCUT2D eigenvalue weighted by atomic mass is 32.2. The summed E-state index contributed by atoms with van der Waals surface area (Å²) in [7, 11) is -3.66. The predicted molar refractivity (Wildman–Crippen MR) is 93.3 cm³/mol. The van der Waals surface area contributed by atoms with Gasteiger partial charge in [-0.25, -0.2) is 8.42 Å². The number of carbonyl (C=O) groups excluding carboxylic acids is 1. The SMILES string of the molecule is C[C@@H](NC(=O)c1ccc(S(=O)(=O)Nc2ccccc2)cc1)C1CC1. The second-order valence-electron chi connectivity index (χ2n) is 6.10. The van der Waals surface area contributed by atoms with Gasteiger partial charge in [-0.2, -0.15) is 0 Å². The van der Waals surface area contributed by atoms with Gasteiger partial charge in [0.25, 0.3) is 15.9 Å². The quantitative estimate of drug-likeness (QED) is 0.846. The van der Waals surface area contributed by atoms with Crippen LogP contribution >= 0.6 is 0 Å². The molecule has 0 spiro atoms. The standard InChI is InChI=1S/C18H20N2O3S/c1-13(14-7-8-14)19-18(21)15-9-11-17(12-10-15)24(22,23)20-16-5-3-2-4-6-16/h2-6,9-14,20H,7-8H2,1H3,(H,19,21)/t13-/m1/s1. The zero-order valence-corrected chi connectivity index (χ0v) is 14.2. The Hall–Kier alpha value is -2.34. The molecule has 6 heteroatoms. The summed E-state index contributed by atoms with van der Waals surface area (Å²) in [6.07, 6.45) is 2.31. The molecule has 1 aliphatic carbocycles. The van der Waals surface area contributed by atoms with Gasteiger partial charge >= 0.3 is 0 Å². The molecule has 0 radical (unpaired) electrons. The Balaban J connectivity index is 1.70. The van der Waals surface area contributed by atoms with Crippen LogP contribution in [-0.2, 0) is 10.0 Å². The molecule has 0 bridgehead atoms. The third-order valence-electron chi connectivity index (χ3n) is 4.14. The summed E-state index contributed by atoms with van der Waals surface area (Å²) < 4.78 is 27.2. The van der Waals surface area contributed by atoms with Crippen molar-refractivity contribution in [3.05, 3.63) is 60.2 Å². The van der Waals surface area contributed by atoms with Crippen LogP contribution in [0.4, 0.5) is 5.69 Å². The molecule has 0 heterocycles. The van der Waals surface area contributed by atoms with Gasteiger partial charge in [0.2, 0.25) is 0 Å². The number of benzene rings is 2. The van der Waals surface area contributed by atoms with E-state index in [0.717, 1.165) is 12.8 Å². The van der Waals surface area contributed by atoms with Crippen LogP contribution in [0.15, 0.2) is 59.5 Å². The first-order chi connectivity index (χ1) is 11.5. The summed E-state index contributed by atoms with van der Waals surface area (Å²) in [6, 6.07) is 14.8. The number of amides is 1. The average Bonchev–Trinajstić information content (AvgIpc) is 3.40. The highest BCUT2D eigenvalue weighted by Gasteiger charge is 2.29. The molecule has 2 N–H and O–H groups in total. The van der Waals surface area contributed by atoms with Crippen molar-refractivity contribution in [3.63, 3.8) is 0 Å². The van der Waals surface area contributed by atoms with Gasteiger partial charge in [-0.15, -0.1) is 0 Å². The van der Waals surface area contributed by atoms with Crippen LogP contribution in [0.3, 0.4) is 0 Å². The first-order valence-corrected chi connectivity index (χ1v) is 9.43. The molecule has 0 unspecified atom stereocenters. The second-order valence-corrected chi connectivity index (χ2v) is 7.78. The number of hydrogen-bond acceptors (Lipinski definition) is 3. The van der Waals surface area contributed by atoms with Crippen LogP contribution in [-0.4, -0.2) is 20.4 Å². The largest absolute Gasteiger partial charge is 0.349 e. The summed E-state index contributed by atoms with van der Waals surface area (Å²) >= 11 is 0. The molecule has 1 amide bonds. The molecular weight excluding hydrogens is 324 g/mol.